The highest BCUT2D eigenvalue weighted by Crippen LogP contribution is 2.22. The Morgan fingerprint density at radius 1 is 1.20 bits per heavy atom. The molecule has 0 amide bonds. The molecule has 0 aliphatic carbocycles. The molecule has 4 nitrogen and oxygen atoms in total. The van der Waals surface area contributed by atoms with Crippen LogP contribution in [0.5, 0.6) is 5.75 Å². The maximum atomic E-state index is 12.0. The molecule has 114 valence electrons. The molecule has 0 aromatic heterocycles. The summed E-state index contributed by atoms with van der Waals surface area (Å²) in [6.07, 6.45) is 1.72. The molecule has 0 atom stereocenters. The lowest BCUT2D eigenvalue weighted by Gasteiger charge is -2.11. The highest BCUT2D eigenvalue weighted by atomic mass is 32.2. The van der Waals surface area contributed by atoms with Crippen LogP contribution in [0.15, 0.2) is 18.2 Å². The van der Waals surface area contributed by atoms with Crippen molar-refractivity contribution in [1.29, 1.82) is 0 Å². The number of methoxy groups -OCH3 is 1. The number of nitrogens with one attached hydrogen (secondary N) is 1. The van der Waals surface area contributed by atoms with Crippen LogP contribution in [0.25, 0.3) is 0 Å². The summed E-state index contributed by atoms with van der Waals surface area (Å²) >= 11 is 0. The third-order valence-corrected chi connectivity index (χ3v) is 4.77. The minimum atomic E-state index is -3.06. The maximum absolute atomic E-state index is 12.0. The van der Waals surface area contributed by atoms with Crippen LogP contribution in [-0.4, -0.2) is 27.8 Å². The van der Waals surface area contributed by atoms with Crippen molar-refractivity contribution in [3.8, 4) is 5.75 Å². The average Bonchev–Trinajstić information content (AvgIpc) is 2.39. The first-order valence-corrected chi connectivity index (χ1v) is 8.91. The smallest absolute Gasteiger partial charge is 0.154 e. The molecule has 0 aliphatic rings. The van der Waals surface area contributed by atoms with Crippen LogP contribution >= 0.6 is 0 Å². The second kappa shape index (κ2) is 8.27. The largest absolute Gasteiger partial charge is 0.496 e. The topological polar surface area (TPSA) is 55.4 Å². The molecule has 1 aromatic carbocycles. The number of sulfone groups is 1. The highest BCUT2D eigenvalue weighted by Gasteiger charge is 2.14. The van der Waals surface area contributed by atoms with Crippen LogP contribution in [0.2, 0.25) is 0 Å². The molecule has 5 heteroatoms. The average molecular weight is 299 g/mol. The van der Waals surface area contributed by atoms with Gasteiger partial charge in [0.05, 0.1) is 18.6 Å². The minimum Gasteiger partial charge on any atom is -0.496 e. The molecule has 1 N–H and O–H groups in total. The molecule has 0 saturated heterocycles. The molecule has 0 unspecified atom stereocenters. The van der Waals surface area contributed by atoms with E-state index in [1.54, 1.807) is 7.11 Å². The van der Waals surface area contributed by atoms with Crippen LogP contribution in [-0.2, 0) is 22.1 Å². The van der Waals surface area contributed by atoms with Gasteiger partial charge in [0.2, 0.25) is 0 Å². The van der Waals surface area contributed by atoms with Crippen molar-refractivity contribution in [3.05, 3.63) is 29.3 Å². The Morgan fingerprint density at radius 2 is 1.95 bits per heavy atom. The van der Waals surface area contributed by atoms with Gasteiger partial charge in [-0.2, -0.15) is 0 Å². The third kappa shape index (κ3) is 5.51. The van der Waals surface area contributed by atoms with Crippen molar-refractivity contribution in [1.82, 2.24) is 5.32 Å². The Hall–Kier alpha value is -1.07. The normalized spacial score (nSPS) is 11.6. The summed E-state index contributed by atoms with van der Waals surface area (Å²) in [7, 11) is -1.49. The minimum absolute atomic E-state index is 0.0473. The van der Waals surface area contributed by atoms with Gasteiger partial charge in [0, 0.05) is 12.1 Å². The number of benzene rings is 1. The van der Waals surface area contributed by atoms with E-state index >= 15 is 0 Å². The molecule has 0 radical (unpaired) electrons. The second-order valence-corrected chi connectivity index (χ2v) is 7.10. The molecule has 0 aliphatic heterocycles. The quantitative estimate of drug-likeness (QED) is 0.712. The molecule has 0 heterocycles. The molecule has 1 aromatic rings. The van der Waals surface area contributed by atoms with Gasteiger partial charge in [-0.05, 0) is 37.1 Å². The first-order chi connectivity index (χ1) is 9.52. The van der Waals surface area contributed by atoms with Crippen LogP contribution in [0.3, 0.4) is 0 Å². The van der Waals surface area contributed by atoms with Crippen molar-refractivity contribution in [2.24, 2.45) is 0 Å². The Kier molecular flexibility index (Phi) is 7.02. The van der Waals surface area contributed by atoms with Crippen LogP contribution in [0, 0.1) is 0 Å². The zero-order valence-corrected chi connectivity index (χ0v) is 13.4. The number of rotatable bonds is 9. The standard InChI is InChI=1S/C15H25NO3S/c1-4-8-16-11-13-6-7-15(19-3)14(10-13)12-20(17,18)9-5-2/h6-7,10,16H,4-5,8-9,11-12H2,1-3H3. The summed E-state index contributed by atoms with van der Waals surface area (Å²) < 4.78 is 29.2. The zero-order valence-electron chi connectivity index (χ0n) is 12.6. The third-order valence-electron chi connectivity index (χ3n) is 2.99. The highest BCUT2D eigenvalue weighted by molar-refractivity contribution is 7.90. The lowest BCUT2D eigenvalue weighted by molar-refractivity contribution is 0.410. The lowest BCUT2D eigenvalue weighted by atomic mass is 10.1. The summed E-state index contributed by atoms with van der Waals surface area (Å²) in [5.41, 5.74) is 1.83. The molecular weight excluding hydrogens is 274 g/mol. The van der Waals surface area contributed by atoms with Crippen molar-refractivity contribution in [2.45, 2.75) is 39.0 Å². The number of hydrogen-bond acceptors (Lipinski definition) is 4. The van der Waals surface area contributed by atoms with Crippen molar-refractivity contribution >= 4 is 9.84 Å². The summed E-state index contributed by atoms with van der Waals surface area (Å²) in [5, 5.41) is 3.31. The second-order valence-electron chi connectivity index (χ2n) is 4.92. The van der Waals surface area contributed by atoms with E-state index in [0.717, 1.165) is 30.6 Å². The molecule has 0 fully saturated rings. The van der Waals surface area contributed by atoms with E-state index < -0.39 is 9.84 Å². The zero-order chi connectivity index (χ0) is 15.0. The SMILES string of the molecule is CCCNCc1ccc(OC)c(CS(=O)(=O)CCC)c1. The van der Waals surface area contributed by atoms with Crippen LogP contribution < -0.4 is 10.1 Å². The molecular formula is C15H25NO3S. The van der Waals surface area contributed by atoms with Gasteiger partial charge in [-0.15, -0.1) is 0 Å². The van der Waals surface area contributed by atoms with Gasteiger partial charge in [0.15, 0.2) is 9.84 Å². The van der Waals surface area contributed by atoms with Gasteiger partial charge < -0.3 is 10.1 Å². The fourth-order valence-corrected chi connectivity index (χ4v) is 3.55. The first-order valence-electron chi connectivity index (χ1n) is 7.09. The first kappa shape index (κ1) is 17.0. The van der Waals surface area contributed by atoms with E-state index in [1.165, 1.54) is 0 Å². The van der Waals surface area contributed by atoms with Gasteiger partial charge >= 0.3 is 0 Å². The monoisotopic (exact) mass is 299 g/mol. The maximum Gasteiger partial charge on any atom is 0.154 e. The predicted octanol–water partition coefficient (Wildman–Crippen LogP) is 2.52. The van der Waals surface area contributed by atoms with Gasteiger partial charge in [-0.3, -0.25) is 0 Å². The Balaban J connectivity index is 2.88. The fourth-order valence-electron chi connectivity index (χ4n) is 2.08. The Morgan fingerprint density at radius 3 is 2.55 bits per heavy atom. The number of ether oxygens (including phenoxy) is 1. The van der Waals surface area contributed by atoms with E-state index in [1.807, 2.05) is 25.1 Å². The van der Waals surface area contributed by atoms with Crippen molar-refractivity contribution in [3.63, 3.8) is 0 Å². The van der Waals surface area contributed by atoms with E-state index in [9.17, 15) is 8.42 Å². The van der Waals surface area contributed by atoms with Crippen LogP contribution in [0.1, 0.15) is 37.8 Å². The summed E-state index contributed by atoms with van der Waals surface area (Å²) in [6, 6.07) is 5.74. The van der Waals surface area contributed by atoms with Crippen molar-refractivity contribution < 1.29 is 13.2 Å². The summed E-state index contributed by atoms with van der Waals surface area (Å²) in [6.45, 7) is 5.69. The van der Waals surface area contributed by atoms with Gasteiger partial charge in [-0.1, -0.05) is 19.9 Å². The van der Waals surface area contributed by atoms with Crippen LogP contribution in [0.4, 0.5) is 0 Å². The Bertz CT molecular complexity index is 512. The summed E-state index contributed by atoms with van der Waals surface area (Å²) in [4.78, 5) is 0. The lowest BCUT2D eigenvalue weighted by Crippen LogP contribution is -2.14. The number of hydrogen-bond donors (Lipinski definition) is 1. The van der Waals surface area contributed by atoms with Crippen molar-refractivity contribution in [2.75, 3.05) is 19.4 Å². The summed E-state index contributed by atoms with van der Waals surface area (Å²) in [5.74, 6) is 0.907. The molecule has 20 heavy (non-hydrogen) atoms. The predicted molar refractivity (Wildman–Crippen MR) is 82.8 cm³/mol. The molecule has 0 saturated carbocycles. The molecule has 0 bridgehead atoms. The Labute approximate surface area is 122 Å². The van der Waals surface area contributed by atoms with E-state index in [0.29, 0.717) is 12.2 Å². The van der Waals surface area contributed by atoms with Gasteiger partial charge in [0.25, 0.3) is 0 Å². The van der Waals surface area contributed by atoms with Gasteiger partial charge in [-0.25, -0.2) is 8.42 Å². The fraction of sp³-hybridized carbons (Fsp3) is 0.600. The molecule has 0 spiro atoms. The van der Waals surface area contributed by atoms with E-state index in [-0.39, 0.29) is 11.5 Å². The van der Waals surface area contributed by atoms with E-state index in [4.69, 9.17) is 4.74 Å². The molecule has 1 rings (SSSR count). The van der Waals surface area contributed by atoms with E-state index in [2.05, 4.69) is 12.2 Å². The van der Waals surface area contributed by atoms with Gasteiger partial charge in [0.1, 0.15) is 5.75 Å².